The summed E-state index contributed by atoms with van der Waals surface area (Å²) in [5, 5.41) is 14.0. The van der Waals surface area contributed by atoms with Crippen LogP contribution in [-0.4, -0.2) is 17.3 Å². The second-order valence-electron chi connectivity index (χ2n) is 7.67. The normalized spacial score (nSPS) is 58.6. The molecular formula is C15H25NO2. The van der Waals surface area contributed by atoms with Crippen molar-refractivity contribution in [3.63, 3.8) is 0 Å². The van der Waals surface area contributed by atoms with E-state index >= 15 is 0 Å². The van der Waals surface area contributed by atoms with Crippen molar-refractivity contribution in [2.24, 2.45) is 33.8 Å². The Morgan fingerprint density at radius 2 is 1.94 bits per heavy atom. The van der Waals surface area contributed by atoms with Gasteiger partial charge in [0, 0.05) is 0 Å². The first-order valence-electron chi connectivity index (χ1n) is 7.38. The summed E-state index contributed by atoms with van der Waals surface area (Å²) in [6, 6.07) is 0. The number of nitroso groups, excluding NO2 is 1. The molecule has 18 heavy (non-hydrogen) atoms. The molecule has 0 amide bonds. The highest BCUT2D eigenvalue weighted by Gasteiger charge is 2.69. The highest BCUT2D eigenvalue weighted by atomic mass is 16.3. The van der Waals surface area contributed by atoms with E-state index in [1.807, 2.05) is 6.92 Å². The third-order valence-electron chi connectivity index (χ3n) is 6.99. The van der Waals surface area contributed by atoms with E-state index in [1.165, 1.54) is 12.8 Å². The maximum atomic E-state index is 10.9. The molecule has 1 unspecified atom stereocenters. The van der Waals surface area contributed by atoms with Gasteiger partial charge in [-0.3, -0.25) is 0 Å². The van der Waals surface area contributed by atoms with Gasteiger partial charge in [0.1, 0.15) is 0 Å². The van der Waals surface area contributed by atoms with Gasteiger partial charge in [0.25, 0.3) is 0 Å². The van der Waals surface area contributed by atoms with E-state index in [0.717, 1.165) is 25.2 Å². The average Bonchev–Trinajstić information content (AvgIpc) is 2.71. The Balaban J connectivity index is 2.07. The standard InChI is InChI=1S/C15H25NO2/c1-10-4-5-11-13(2,9-16-18)12-8-15(10,11)7-6-14(12,3)17/h10-12,17H,4-9H2,1-3H3/t10-,11+,12+,13?,14+,15-/m1/s1. The highest BCUT2D eigenvalue weighted by molar-refractivity contribution is 5.18. The molecule has 0 aromatic heterocycles. The molecule has 3 fully saturated rings. The summed E-state index contributed by atoms with van der Waals surface area (Å²) in [6.07, 6.45) is 5.65. The summed E-state index contributed by atoms with van der Waals surface area (Å²) >= 11 is 0. The Morgan fingerprint density at radius 1 is 1.22 bits per heavy atom. The van der Waals surface area contributed by atoms with Crippen LogP contribution in [0.2, 0.25) is 0 Å². The molecule has 0 radical (unpaired) electrons. The minimum Gasteiger partial charge on any atom is -0.390 e. The zero-order chi connectivity index (χ0) is 13.2. The first kappa shape index (κ1) is 12.6. The largest absolute Gasteiger partial charge is 0.390 e. The molecule has 0 aromatic carbocycles. The molecule has 3 aliphatic carbocycles. The van der Waals surface area contributed by atoms with Crippen molar-refractivity contribution in [1.82, 2.24) is 0 Å². The molecule has 0 aromatic rings. The lowest BCUT2D eigenvalue weighted by atomic mass is 9.64. The molecule has 6 atom stereocenters. The maximum Gasteiger partial charge on any atom is 0.0871 e. The lowest BCUT2D eigenvalue weighted by molar-refractivity contribution is -0.0733. The van der Waals surface area contributed by atoms with Crippen LogP contribution in [0.5, 0.6) is 0 Å². The number of rotatable bonds is 2. The minimum atomic E-state index is -0.602. The molecule has 3 rings (SSSR count). The topological polar surface area (TPSA) is 49.7 Å². The molecule has 2 bridgehead atoms. The van der Waals surface area contributed by atoms with Crippen molar-refractivity contribution >= 4 is 0 Å². The fourth-order valence-corrected chi connectivity index (χ4v) is 5.99. The van der Waals surface area contributed by atoms with Crippen LogP contribution in [0.1, 0.15) is 52.9 Å². The fourth-order valence-electron chi connectivity index (χ4n) is 5.99. The van der Waals surface area contributed by atoms with Crippen molar-refractivity contribution in [3.8, 4) is 0 Å². The van der Waals surface area contributed by atoms with Crippen molar-refractivity contribution < 1.29 is 5.11 Å². The van der Waals surface area contributed by atoms with Gasteiger partial charge >= 0.3 is 0 Å². The van der Waals surface area contributed by atoms with Crippen molar-refractivity contribution in [3.05, 3.63) is 4.91 Å². The van der Waals surface area contributed by atoms with E-state index in [2.05, 4.69) is 19.0 Å². The quantitative estimate of drug-likeness (QED) is 0.765. The van der Waals surface area contributed by atoms with E-state index < -0.39 is 5.60 Å². The maximum absolute atomic E-state index is 10.9. The smallest absolute Gasteiger partial charge is 0.0871 e. The number of hydrogen-bond donors (Lipinski definition) is 1. The van der Waals surface area contributed by atoms with Gasteiger partial charge in [-0.2, -0.15) is 4.91 Å². The molecule has 1 N–H and O–H groups in total. The Labute approximate surface area is 109 Å². The molecule has 3 saturated carbocycles. The van der Waals surface area contributed by atoms with E-state index in [4.69, 9.17) is 0 Å². The SMILES string of the molecule is C[C@@H]1CC[C@H]2C(C)(CN=O)[C@@H]3C[C@]12CC[C@]3(C)O. The highest BCUT2D eigenvalue weighted by Crippen LogP contribution is 2.73. The van der Waals surface area contributed by atoms with Gasteiger partial charge in [-0.15, -0.1) is 0 Å². The monoisotopic (exact) mass is 251 g/mol. The van der Waals surface area contributed by atoms with Crippen LogP contribution in [-0.2, 0) is 0 Å². The van der Waals surface area contributed by atoms with Gasteiger partial charge < -0.3 is 5.11 Å². The number of aliphatic hydroxyl groups is 1. The van der Waals surface area contributed by atoms with Crippen LogP contribution in [0.3, 0.4) is 0 Å². The summed E-state index contributed by atoms with van der Waals surface area (Å²) in [6.45, 7) is 6.94. The van der Waals surface area contributed by atoms with Gasteiger partial charge in [0.15, 0.2) is 0 Å². The Kier molecular flexibility index (Phi) is 2.49. The second kappa shape index (κ2) is 3.56. The Bertz CT molecular complexity index is 377. The second-order valence-corrected chi connectivity index (χ2v) is 7.67. The van der Waals surface area contributed by atoms with E-state index in [9.17, 15) is 10.0 Å². The first-order chi connectivity index (χ1) is 8.37. The molecule has 3 heteroatoms. The van der Waals surface area contributed by atoms with Crippen LogP contribution < -0.4 is 0 Å². The lowest BCUT2D eigenvalue weighted by Crippen LogP contribution is -2.45. The molecule has 0 saturated heterocycles. The molecule has 0 aliphatic heterocycles. The Hall–Kier alpha value is -0.440. The zero-order valence-electron chi connectivity index (χ0n) is 11.8. The van der Waals surface area contributed by atoms with Crippen LogP contribution in [0.25, 0.3) is 0 Å². The van der Waals surface area contributed by atoms with Crippen LogP contribution >= 0.6 is 0 Å². The summed E-state index contributed by atoms with van der Waals surface area (Å²) in [5.41, 5.74) is -0.284. The van der Waals surface area contributed by atoms with E-state index in [-0.39, 0.29) is 11.3 Å². The minimum absolute atomic E-state index is 0.0769. The first-order valence-corrected chi connectivity index (χ1v) is 7.38. The summed E-state index contributed by atoms with van der Waals surface area (Å²) < 4.78 is 0. The van der Waals surface area contributed by atoms with Gasteiger partial charge in [0.2, 0.25) is 0 Å². The van der Waals surface area contributed by atoms with Gasteiger partial charge in [-0.25, -0.2) is 0 Å². The average molecular weight is 251 g/mol. The third-order valence-corrected chi connectivity index (χ3v) is 6.99. The number of fused-ring (bicyclic) bond motifs is 1. The molecule has 3 nitrogen and oxygen atoms in total. The summed E-state index contributed by atoms with van der Waals surface area (Å²) in [7, 11) is 0. The van der Waals surface area contributed by atoms with Gasteiger partial charge in [0.05, 0.1) is 12.1 Å². The van der Waals surface area contributed by atoms with Gasteiger partial charge in [-0.05, 0) is 67.6 Å². The molecule has 0 heterocycles. The predicted octanol–water partition coefficient (Wildman–Crippen LogP) is 3.36. The van der Waals surface area contributed by atoms with Crippen molar-refractivity contribution in [2.75, 3.05) is 6.54 Å². The predicted molar refractivity (Wildman–Crippen MR) is 71.1 cm³/mol. The van der Waals surface area contributed by atoms with Gasteiger partial charge in [-0.1, -0.05) is 19.0 Å². The van der Waals surface area contributed by atoms with Crippen LogP contribution in [0.15, 0.2) is 5.18 Å². The van der Waals surface area contributed by atoms with E-state index in [0.29, 0.717) is 17.9 Å². The summed E-state index contributed by atoms with van der Waals surface area (Å²) in [5.74, 6) is 1.59. The molecule has 1 spiro atoms. The fraction of sp³-hybridized carbons (Fsp3) is 1.00. The molecule has 102 valence electrons. The molecular weight excluding hydrogens is 226 g/mol. The van der Waals surface area contributed by atoms with Crippen LogP contribution in [0.4, 0.5) is 0 Å². The lowest BCUT2D eigenvalue weighted by Gasteiger charge is -2.44. The third kappa shape index (κ3) is 1.29. The zero-order valence-corrected chi connectivity index (χ0v) is 11.8. The Morgan fingerprint density at radius 3 is 2.61 bits per heavy atom. The summed E-state index contributed by atoms with van der Waals surface area (Å²) in [4.78, 5) is 10.9. The van der Waals surface area contributed by atoms with Crippen molar-refractivity contribution in [1.29, 1.82) is 0 Å². The van der Waals surface area contributed by atoms with Crippen molar-refractivity contribution in [2.45, 2.75) is 58.5 Å². The number of nitrogens with zero attached hydrogens (tertiary/aromatic N) is 1. The number of hydrogen-bond acceptors (Lipinski definition) is 3. The van der Waals surface area contributed by atoms with Crippen LogP contribution in [0, 0.1) is 33.5 Å². The van der Waals surface area contributed by atoms with E-state index in [1.54, 1.807) is 0 Å². The molecule has 3 aliphatic rings.